The highest BCUT2D eigenvalue weighted by atomic mass is 127. The first-order chi connectivity index (χ1) is 9.51. The van der Waals surface area contributed by atoms with Gasteiger partial charge in [-0.3, -0.25) is 4.99 Å². The lowest BCUT2D eigenvalue weighted by Gasteiger charge is -2.26. The fraction of sp³-hybridized carbons (Fsp3) is 0.938. The Hall–Kier alpha value is -0.0400. The van der Waals surface area contributed by atoms with E-state index in [0.717, 1.165) is 25.6 Å². The molecule has 1 fully saturated rings. The number of halogens is 1. The van der Waals surface area contributed by atoms with E-state index in [1.165, 1.54) is 45.2 Å². The topological polar surface area (TPSA) is 39.7 Å². The molecule has 1 aliphatic heterocycles. The van der Waals surface area contributed by atoms with Gasteiger partial charge in [-0.25, -0.2) is 0 Å². The van der Waals surface area contributed by atoms with Crippen LogP contribution in [0, 0.1) is 5.41 Å². The number of hydrogen-bond donors (Lipinski definition) is 2. The smallest absolute Gasteiger partial charge is 0.191 e. The molecule has 0 amide bonds. The average Bonchev–Trinajstić information content (AvgIpc) is 2.41. The first kappa shape index (κ1) is 21.0. The fourth-order valence-electron chi connectivity index (χ4n) is 2.56. The summed E-state index contributed by atoms with van der Waals surface area (Å²) in [5.74, 6) is 0.941. The molecular formula is C16H35IN4. The third kappa shape index (κ3) is 11.2. The lowest BCUT2D eigenvalue weighted by atomic mass is 9.91. The van der Waals surface area contributed by atoms with E-state index in [-0.39, 0.29) is 24.0 Å². The molecule has 0 unspecified atom stereocenters. The molecule has 1 heterocycles. The third-order valence-electron chi connectivity index (χ3n) is 3.79. The molecule has 0 aromatic rings. The van der Waals surface area contributed by atoms with Crippen LogP contribution < -0.4 is 10.6 Å². The second-order valence-corrected chi connectivity index (χ2v) is 6.99. The molecule has 1 saturated heterocycles. The van der Waals surface area contributed by atoms with Gasteiger partial charge in [0.15, 0.2) is 5.96 Å². The van der Waals surface area contributed by atoms with Gasteiger partial charge < -0.3 is 15.5 Å². The minimum atomic E-state index is 0. The van der Waals surface area contributed by atoms with Crippen molar-refractivity contribution in [2.75, 3.05) is 39.8 Å². The van der Waals surface area contributed by atoms with E-state index in [2.05, 4.69) is 41.3 Å². The van der Waals surface area contributed by atoms with E-state index in [9.17, 15) is 0 Å². The van der Waals surface area contributed by atoms with Crippen LogP contribution in [0.1, 0.15) is 52.9 Å². The van der Waals surface area contributed by atoms with Crippen LogP contribution in [-0.4, -0.2) is 50.6 Å². The Bertz CT molecular complexity index is 280. The van der Waals surface area contributed by atoms with Gasteiger partial charge in [0.25, 0.3) is 0 Å². The fourth-order valence-corrected chi connectivity index (χ4v) is 2.56. The Morgan fingerprint density at radius 3 is 2.24 bits per heavy atom. The van der Waals surface area contributed by atoms with Crippen molar-refractivity contribution in [1.82, 2.24) is 15.5 Å². The third-order valence-corrected chi connectivity index (χ3v) is 3.79. The van der Waals surface area contributed by atoms with Gasteiger partial charge in [-0.15, -0.1) is 24.0 Å². The Labute approximate surface area is 148 Å². The van der Waals surface area contributed by atoms with Crippen LogP contribution in [0.5, 0.6) is 0 Å². The molecule has 0 aliphatic carbocycles. The summed E-state index contributed by atoms with van der Waals surface area (Å²) in [4.78, 5) is 6.83. The van der Waals surface area contributed by atoms with Crippen molar-refractivity contribution in [1.29, 1.82) is 0 Å². The molecular weight excluding hydrogens is 375 g/mol. The zero-order valence-corrected chi connectivity index (χ0v) is 16.7. The summed E-state index contributed by atoms with van der Waals surface area (Å²) in [6.45, 7) is 12.5. The number of hydrogen-bond acceptors (Lipinski definition) is 2. The lowest BCUT2D eigenvalue weighted by molar-refractivity contribution is 0.232. The molecule has 0 aromatic heterocycles. The normalized spacial score (nSPS) is 17.2. The van der Waals surface area contributed by atoms with Crippen LogP contribution in [0.3, 0.4) is 0 Å². The van der Waals surface area contributed by atoms with Gasteiger partial charge in [0, 0.05) is 26.7 Å². The van der Waals surface area contributed by atoms with Gasteiger partial charge in [0.2, 0.25) is 0 Å². The Morgan fingerprint density at radius 1 is 1.05 bits per heavy atom. The number of aliphatic imine (C=N–C) groups is 1. The standard InChI is InChI=1S/C16H34N4.HI/c1-16(2,3)9-8-10-18-15(17-4)19-11-14-20-12-6-5-7-13-20;/h5-14H2,1-4H3,(H2,17,18,19);1H. The van der Waals surface area contributed by atoms with Crippen molar-refractivity contribution < 1.29 is 0 Å². The van der Waals surface area contributed by atoms with Gasteiger partial charge in [0.05, 0.1) is 0 Å². The van der Waals surface area contributed by atoms with Gasteiger partial charge in [-0.05, 0) is 44.2 Å². The molecule has 2 N–H and O–H groups in total. The SMILES string of the molecule is CN=C(NCCCC(C)(C)C)NCCN1CCCCC1.I. The van der Waals surface area contributed by atoms with Crippen LogP contribution in [0.15, 0.2) is 4.99 Å². The molecule has 126 valence electrons. The van der Waals surface area contributed by atoms with E-state index >= 15 is 0 Å². The average molecular weight is 410 g/mol. The summed E-state index contributed by atoms with van der Waals surface area (Å²) in [6.07, 6.45) is 6.56. The predicted molar refractivity (Wildman–Crippen MR) is 104 cm³/mol. The maximum Gasteiger partial charge on any atom is 0.191 e. The zero-order valence-electron chi connectivity index (χ0n) is 14.4. The summed E-state index contributed by atoms with van der Waals surface area (Å²) in [5.41, 5.74) is 0.424. The molecule has 21 heavy (non-hydrogen) atoms. The van der Waals surface area contributed by atoms with Crippen LogP contribution >= 0.6 is 24.0 Å². The van der Waals surface area contributed by atoms with Gasteiger partial charge in [-0.2, -0.15) is 0 Å². The number of likely N-dealkylation sites (tertiary alicyclic amines) is 1. The monoisotopic (exact) mass is 410 g/mol. The minimum Gasteiger partial charge on any atom is -0.356 e. The summed E-state index contributed by atoms with van der Waals surface area (Å²) in [7, 11) is 1.85. The number of nitrogens with one attached hydrogen (secondary N) is 2. The summed E-state index contributed by atoms with van der Waals surface area (Å²) >= 11 is 0. The van der Waals surface area contributed by atoms with Gasteiger partial charge in [-0.1, -0.05) is 27.2 Å². The highest BCUT2D eigenvalue weighted by Gasteiger charge is 2.10. The molecule has 0 saturated carbocycles. The second kappa shape index (κ2) is 11.5. The van der Waals surface area contributed by atoms with Gasteiger partial charge in [0.1, 0.15) is 0 Å². The number of rotatable bonds is 6. The molecule has 5 heteroatoms. The molecule has 0 aromatic carbocycles. The first-order valence-corrected chi connectivity index (χ1v) is 8.18. The van der Waals surface area contributed by atoms with Crippen molar-refractivity contribution >= 4 is 29.9 Å². The van der Waals surface area contributed by atoms with E-state index in [0.29, 0.717) is 5.41 Å². The highest BCUT2D eigenvalue weighted by molar-refractivity contribution is 14.0. The van der Waals surface area contributed by atoms with Crippen molar-refractivity contribution in [3.05, 3.63) is 0 Å². The maximum absolute atomic E-state index is 4.28. The maximum atomic E-state index is 4.28. The summed E-state index contributed by atoms with van der Waals surface area (Å²) in [6, 6.07) is 0. The van der Waals surface area contributed by atoms with E-state index < -0.39 is 0 Å². The molecule has 0 radical (unpaired) electrons. The molecule has 4 nitrogen and oxygen atoms in total. The number of nitrogens with zero attached hydrogens (tertiary/aromatic N) is 2. The van der Waals surface area contributed by atoms with Crippen LogP contribution in [0.4, 0.5) is 0 Å². The van der Waals surface area contributed by atoms with Crippen molar-refractivity contribution in [2.24, 2.45) is 10.4 Å². The molecule has 1 rings (SSSR count). The Morgan fingerprint density at radius 2 is 1.67 bits per heavy atom. The van der Waals surface area contributed by atoms with Crippen molar-refractivity contribution in [3.8, 4) is 0 Å². The van der Waals surface area contributed by atoms with E-state index in [4.69, 9.17) is 0 Å². The number of piperidine rings is 1. The quantitative estimate of drug-likeness (QED) is 0.306. The largest absolute Gasteiger partial charge is 0.356 e. The minimum absolute atomic E-state index is 0. The van der Waals surface area contributed by atoms with Crippen molar-refractivity contribution in [2.45, 2.75) is 52.9 Å². The zero-order chi connectivity index (χ0) is 14.8. The van der Waals surface area contributed by atoms with E-state index in [1.807, 2.05) is 7.05 Å². The first-order valence-electron chi connectivity index (χ1n) is 8.18. The van der Waals surface area contributed by atoms with Crippen molar-refractivity contribution in [3.63, 3.8) is 0 Å². The van der Waals surface area contributed by atoms with Crippen LogP contribution in [0.25, 0.3) is 0 Å². The van der Waals surface area contributed by atoms with Crippen LogP contribution in [-0.2, 0) is 0 Å². The molecule has 0 spiro atoms. The lowest BCUT2D eigenvalue weighted by Crippen LogP contribution is -2.43. The van der Waals surface area contributed by atoms with E-state index in [1.54, 1.807) is 0 Å². The summed E-state index contributed by atoms with van der Waals surface area (Å²) < 4.78 is 0. The van der Waals surface area contributed by atoms with Gasteiger partial charge >= 0.3 is 0 Å². The molecule has 0 atom stereocenters. The predicted octanol–water partition coefficient (Wildman–Crippen LogP) is 3.08. The van der Waals surface area contributed by atoms with Crippen LogP contribution in [0.2, 0.25) is 0 Å². The number of guanidine groups is 1. The Balaban J connectivity index is 0.00000400. The molecule has 1 aliphatic rings. The second-order valence-electron chi connectivity index (χ2n) is 6.99. The Kier molecular flexibility index (Phi) is 11.5. The summed E-state index contributed by atoms with van der Waals surface area (Å²) in [5, 5.41) is 6.81. The highest BCUT2D eigenvalue weighted by Crippen LogP contribution is 2.19. The molecule has 0 bridgehead atoms.